The fourth-order valence-corrected chi connectivity index (χ4v) is 3.33. The molecule has 2 fully saturated rings. The molecule has 1 saturated heterocycles. The smallest absolute Gasteiger partial charge is 0.325 e. The van der Waals surface area contributed by atoms with Gasteiger partial charge in [0, 0.05) is 18.8 Å². The van der Waals surface area contributed by atoms with Crippen molar-refractivity contribution >= 4 is 17.8 Å². The number of hydrogen-bond acceptors (Lipinski definition) is 5. The lowest BCUT2D eigenvalue weighted by molar-refractivity contribution is -0.134. The molecule has 2 heterocycles. The summed E-state index contributed by atoms with van der Waals surface area (Å²) < 4.78 is 5.65. The molecule has 8 heteroatoms. The molecule has 1 aliphatic heterocycles. The second-order valence-corrected chi connectivity index (χ2v) is 7.85. The van der Waals surface area contributed by atoms with Crippen molar-refractivity contribution in [2.24, 2.45) is 5.92 Å². The minimum Gasteiger partial charge on any atom is -0.477 e. The molecule has 1 saturated carbocycles. The van der Waals surface area contributed by atoms with Crippen molar-refractivity contribution in [2.75, 3.05) is 13.2 Å². The number of nitrogens with one attached hydrogen (secondary N) is 2. The number of nitrogens with zero attached hydrogens (tertiary/aromatic N) is 2. The summed E-state index contributed by atoms with van der Waals surface area (Å²) in [7, 11) is 0. The molecule has 2 N–H and O–H groups in total. The average molecular weight is 408 g/mol. The van der Waals surface area contributed by atoms with Gasteiger partial charge in [-0.05, 0) is 42.9 Å². The number of aromatic nitrogens is 1. The third-order valence-corrected chi connectivity index (χ3v) is 5.38. The Morgan fingerprint density at radius 1 is 1.27 bits per heavy atom. The highest BCUT2D eigenvalue weighted by Gasteiger charge is 2.49. The Hall–Kier alpha value is -3.42. The summed E-state index contributed by atoms with van der Waals surface area (Å²) in [5, 5.41) is 5.44. The van der Waals surface area contributed by atoms with Crippen molar-refractivity contribution in [1.82, 2.24) is 20.5 Å². The van der Waals surface area contributed by atoms with Gasteiger partial charge in [0.1, 0.15) is 12.1 Å². The number of ether oxygens (including phenoxy) is 1. The Morgan fingerprint density at radius 3 is 2.77 bits per heavy atom. The number of hydrogen-bond donors (Lipinski definition) is 2. The van der Waals surface area contributed by atoms with E-state index in [1.165, 1.54) is 12.8 Å². The fraction of sp³-hybridized carbons (Fsp3) is 0.364. The monoisotopic (exact) mass is 408 g/mol. The Labute approximate surface area is 174 Å². The molecule has 156 valence electrons. The minimum atomic E-state index is -1.18. The van der Waals surface area contributed by atoms with E-state index in [9.17, 15) is 14.4 Å². The summed E-state index contributed by atoms with van der Waals surface area (Å²) in [5.41, 5.74) is 0.314. The van der Waals surface area contributed by atoms with E-state index < -0.39 is 23.4 Å². The first-order valence-electron chi connectivity index (χ1n) is 10.00. The summed E-state index contributed by atoms with van der Waals surface area (Å²) in [5.74, 6) is 0.281. The largest absolute Gasteiger partial charge is 0.477 e. The van der Waals surface area contributed by atoms with Crippen LogP contribution >= 0.6 is 0 Å². The SMILES string of the molecule is C[C@@]1(c2ccccc2)NC(=O)N(CC(=O)NCc2ccnc(OCC3CC3)c2)C1=O. The second kappa shape index (κ2) is 8.14. The van der Waals surface area contributed by atoms with Crippen LogP contribution in [0.5, 0.6) is 5.88 Å². The Morgan fingerprint density at radius 2 is 2.03 bits per heavy atom. The molecular weight excluding hydrogens is 384 g/mol. The molecular formula is C22H24N4O4. The maximum atomic E-state index is 12.9. The molecule has 2 aromatic rings. The molecule has 4 amide bonds. The van der Waals surface area contributed by atoms with Crippen LogP contribution in [0.2, 0.25) is 0 Å². The molecule has 0 spiro atoms. The first-order chi connectivity index (χ1) is 14.5. The van der Waals surface area contributed by atoms with Crippen LogP contribution in [-0.4, -0.2) is 40.9 Å². The summed E-state index contributed by atoms with van der Waals surface area (Å²) in [4.78, 5) is 42.7. The third kappa shape index (κ3) is 4.27. The topological polar surface area (TPSA) is 101 Å². The van der Waals surface area contributed by atoms with Crippen LogP contribution in [0.25, 0.3) is 0 Å². The number of pyridine rings is 1. The molecule has 1 aromatic carbocycles. The summed E-state index contributed by atoms with van der Waals surface area (Å²) in [6.45, 7) is 2.21. The van der Waals surface area contributed by atoms with Gasteiger partial charge in [-0.1, -0.05) is 30.3 Å². The third-order valence-electron chi connectivity index (χ3n) is 5.38. The Bertz CT molecular complexity index is 961. The summed E-state index contributed by atoms with van der Waals surface area (Å²) >= 11 is 0. The van der Waals surface area contributed by atoms with Crippen molar-refractivity contribution in [3.8, 4) is 5.88 Å². The van der Waals surface area contributed by atoms with Crippen LogP contribution in [0.4, 0.5) is 4.79 Å². The summed E-state index contributed by atoms with van der Waals surface area (Å²) in [6, 6.07) is 12.0. The standard InChI is InChI=1S/C22H24N4O4/c1-22(17-5-3-2-4-6-17)20(28)26(21(29)25-22)13-18(27)24-12-16-9-10-23-19(11-16)30-14-15-7-8-15/h2-6,9-11,15H,7-8,12-14H2,1H3,(H,24,27)(H,25,29)/t22-/m0/s1. The van der Waals surface area contributed by atoms with Crippen LogP contribution in [0.1, 0.15) is 30.9 Å². The van der Waals surface area contributed by atoms with Crippen molar-refractivity contribution < 1.29 is 19.1 Å². The fourth-order valence-electron chi connectivity index (χ4n) is 3.33. The number of imide groups is 1. The quantitative estimate of drug-likeness (QED) is 0.651. The van der Waals surface area contributed by atoms with E-state index in [0.29, 0.717) is 24.0 Å². The maximum Gasteiger partial charge on any atom is 0.325 e. The van der Waals surface area contributed by atoms with Gasteiger partial charge in [-0.15, -0.1) is 0 Å². The molecule has 1 aliphatic carbocycles. The van der Waals surface area contributed by atoms with E-state index >= 15 is 0 Å². The van der Waals surface area contributed by atoms with Gasteiger partial charge in [0.05, 0.1) is 6.61 Å². The van der Waals surface area contributed by atoms with Gasteiger partial charge in [0.2, 0.25) is 11.8 Å². The zero-order valence-electron chi connectivity index (χ0n) is 16.8. The lowest BCUT2D eigenvalue weighted by Crippen LogP contribution is -2.43. The molecule has 1 atom stereocenters. The van der Waals surface area contributed by atoms with Gasteiger partial charge < -0.3 is 15.4 Å². The van der Waals surface area contributed by atoms with Gasteiger partial charge in [-0.2, -0.15) is 0 Å². The molecule has 2 aliphatic rings. The lowest BCUT2D eigenvalue weighted by atomic mass is 9.92. The first kappa shape index (κ1) is 19.9. The van der Waals surface area contributed by atoms with Crippen LogP contribution in [-0.2, 0) is 21.7 Å². The maximum absolute atomic E-state index is 12.9. The van der Waals surface area contributed by atoms with Gasteiger partial charge >= 0.3 is 6.03 Å². The lowest BCUT2D eigenvalue weighted by Gasteiger charge is -2.22. The van der Waals surface area contributed by atoms with Crippen LogP contribution in [0, 0.1) is 5.92 Å². The number of carbonyl (C=O) groups is 3. The number of amides is 4. The van der Waals surface area contributed by atoms with E-state index in [2.05, 4.69) is 15.6 Å². The van der Waals surface area contributed by atoms with Crippen molar-refractivity contribution in [1.29, 1.82) is 0 Å². The average Bonchev–Trinajstić information content (AvgIpc) is 3.56. The molecule has 1 aromatic heterocycles. The van der Waals surface area contributed by atoms with Crippen LogP contribution < -0.4 is 15.4 Å². The molecule has 0 unspecified atom stereocenters. The highest BCUT2D eigenvalue weighted by Crippen LogP contribution is 2.29. The van der Waals surface area contributed by atoms with Gasteiger partial charge in [0.25, 0.3) is 5.91 Å². The van der Waals surface area contributed by atoms with E-state index in [4.69, 9.17) is 4.74 Å². The zero-order valence-corrected chi connectivity index (χ0v) is 16.8. The second-order valence-electron chi connectivity index (χ2n) is 7.85. The Kier molecular flexibility index (Phi) is 5.39. The van der Waals surface area contributed by atoms with Crippen LogP contribution in [0.3, 0.4) is 0 Å². The predicted molar refractivity (Wildman–Crippen MR) is 108 cm³/mol. The Balaban J connectivity index is 1.33. The first-order valence-corrected chi connectivity index (χ1v) is 10.00. The van der Waals surface area contributed by atoms with Gasteiger partial charge in [0.15, 0.2) is 0 Å². The van der Waals surface area contributed by atoms with Crippen molar-refractivity contribution in [3.63, 3.8) is 0 Å². The number of benzene rings is 1. The molecule has 0 radical (unpaired) electrons. The van der Waals surface area contributed by atoms with E-state index in [-0.39, 0.29) is 13.1 Å². The highest BCUT2D eigenvalue weighted by atomic mass is 16.5. The molecule has 8 nitrogen and oxygen atoms in total. The van der Waals surface area contributed by atoms with Crippen LogP contribution in [0.15, 0.2) is 48.7 Å². The summed E-state index contributed by atoms with van der Waals surface area (Å²) in [6.07, 6.45) is 4.02. The molecule has 0 bridgehead atoms. The highest BCUT2D eigenvalue weighted by molar-refractivity contribution is 6.09. The van der Waals surface area contributed by atoms with Crippen molar-refractivity contribution in [3.05, 3.63) is 59.8 Å². The van der Waals surface area contributed by atoms with E-state index in [1.54, 1.807) is 49.5 Å². The molecule has 4 rings (SSSR count). The van der Waals surface area contributed by atoms with Gasteiger partial charge in [-0.3, -0.25) is 14.5 Å². The number of rotatable bonds is 8. The van der Waals surface area contributed by atoms with E-state index in [1.807, 2.05) is 6.07 Å². The van der Waals surface area contributed by atoms with E-state index in [0.717, 1.165) is 10.5 Å². The van der Waals surface area contributed by atoms with Gasteiger partial charge in [-0.25, -0.2) is 9.78 Å². The minimum absolute atomic E-state index is 0.251. The normalized spacial score (nSPS) is 20.8. The zero-order chi connectivity index (χ0) is 21.1. The van der Waals surface area contributed by atoms with Crippen molar-refractivity contribution in [2.45, 2.75) is 31.8 Å². The number of carbonyl (C=O) groups excluding carboxylic acids is 3. The number of urea groups is 1. The molecule has 30 heavy (non-hydrogen) atoms. The predicted octanol–water partition coefficient (Wildman–Crippen LogP) is 1.95.